The normalized spacial score (nSPS) is 12.3. The fourth-order valence-corrected chi connectivity index (χ4v) is 2.11. The topological polar surface area (TPSA) is 69.4 Å². The molecule has 21 heavy (non-hydrogen) atoms. The molecule has 1 N–H and O–H groups in total. The first-order valence-corrected chi connectivity index (χ1v) is 6.96. The maximum atomic E-state index is 5.32. The van der Waals surface area contributed by atoms with Gasteiger partial charge in [-0.25, -0.2) is 0 Å². The number of hydrogen-bond acceptors (Lipinski definition) is 6. The lowest BCUT2D eigenvalue weighted by atomic mass is 10.2. The van der Waals surface area contributed by atoms with Crippen molar-refractivity contribution in [3.8, 4) is 17.1 Å². The standard InChI is InChI=1S/C15H21N3O3/c1-4-16-12(10-19-2)9-14-17-15(18-21-14)11-6-5-7-13(8-11)20-3/h5-8,12,16H,4,9-10H2,1-3H3. The van der Waals surface area contributed by atoms with Gasteiger partial charge in [-0.15, -0.1) is 0 Å². The summed E-state index contributed by atoms with van der Waals surface area (Å²) in [5.74, 6) is 1.93. The van der Waals surface area contributed by atoms with Crippen molar-refractivity contribution < 1.29 is 14.0 Å². The summed E-state index contributed by atoms with van der Waals surface area (Å²) in [7, 11) is 3.31. The van der Waals surface area contributed by atoms with Crippen LogP contribution in [-0.2, 0) is 11.2 Å². The molecule has 0 saturated carbocycles. The van der Waals surface area contributed by atoms with Gasteiger partial charge in [0.15, 0.2) is 0 Å². The number of benzene rings is 1. The van der Waals surface area contributed by atoms with Gasteiger partial charge in [-0.2, -0.15) is 4.98 Å². The molecule has 0 bridgehead atoms. The molecule has 0 fully saturated rings. The summed E-state index contributed by atoms with van der Waals surface area (Å²) in [6, 6.07) is 7.75. The van der Waals surface area contributed by atoms with E-state index in [1.165, 1.54) is 0 Å². The van der Waals surface area contributed by atoms with Crippen LogP contribution in [-0.4, -0.2) is 43.6 Å². The molecule has 2 aromatic rings. The second-order valence-corrected chi connectivity index (χ2v) is 4.66. The second-order valence-electron chi connectivity index (χ2n) is 4.66. The number of nitrogens with zero attached hydrogens (tertiary/aromatic N) is 2. The molecule has 0 aliphatic carbocycles. The van der Waals surface area contributed by atoms with E-state index in [2.05, 4.69) is 22.4 Å². The van der Waals surface area contributed by atoms with Crippen molar-refractivity contribution in [2.24, 2.45) is 0 Å². The number of methoxy groups -OCH3 is 2. The Labute approximate surface area is 124 Å². The van der Waals surface area contributed by atoms with Gasteiger partial charge in [0.05, 0.1) is 13.7 Å². The molecule has 6 heteroatoms. The Kier molecular flexibility index (Phi) is 5.71. The van der Waals surface area contributed by atoms with E-state index >= 15 is 0 Å². The molecule has 2 rings (SSSR count). The van der Waals surface area contributed by atoms with Gasteiger partial charge < -0.3 is 19.3 Å². The fraction of sp³-hybridized carbons (Fsp3) is 0.467. The molecule has 0 radical (unpaired) electrons. The summed E-state index contributed by atoms with van der Waals surface area (Å²) in [5, 5.41) is 7.35. The fourth-order valence-electron chi connectivity index (χ4n) is 2.11. The number of nitrogens with one attached hydrogen (secondary N) is 1. The van der Waals surface area contributed by atoms with Crippen molar-refractivity contribution in [1.29, 1.82) is 0 Å². The van der Waals surface area contributed by atoms with Crippen LogP contribution in [0.25, 0.3) is 11.4 Å². The minimum absolute atomic E-state index is 0.165. The van der Waals surface area contributed by atoms with Gasteiger partial charge in [-0.05, 0) is 18.7 Å². The molecular formula is C15H21N3O3. The highest BCUT2D eigenvalue weighted by Gasteiger charge is 2.15. The van der Waals surface area contributed by atoms with E-state index in [-0.39, 0.29) is 6.04 Å². The predicted molar refractivity (Wildman–Crippen MR) is 79.3 cm³/mol. The number of likely N-dealkylation sites (N-methyl/N-ethyl adjacent to an activating group) is 1. The summed E-state index contributed by atoms with van der Waals surface area (Å²) in [6.07, 6.45) is 0.638. The molecule has 6 nitrogen and oxygen atoms in total. The van der Waals surface area contributed by atoms with Gasteiger partial charge in [-0.3, -0.25) is 0 Å². The third-order valence-corrected chi connectivity index (χ3v) is 3.08. The van der Waals surface area contributed by atoms with E-state index in [0.717, 1.165) is 17.9 Å². The highest BCUT2D eigenvalue weighted by Crippen LogP contribution is 2.21. The van der Waals surface area contributed by atoms with Crippen molar-refractivity contribution in [1.82, 2.24) is 15.5 Å². The van der Waals surface area contributed by atoms with Crippen LogP contribution in [0.2, 0.25) is 0 Å². The molecule has 1 unspecified atom stereocenters. The smallest absolute Gasteiger partial charge is 0.228 e. The molecule has 0 aliphatic heterocycles. The molecule has 1 heterocycles. The monoisotopic (exact) mass is 291 g/mol. The molecule has 1 atom stereocenters. The SMILES string of the molecule is CCNC(COC)Cc1nc(-c2cccc(OC)c2)no1. The first-order chi connectivity index (χ1) is 10.3. The Morgan fingerprint density at radius 2 is 2.19 bits per heavy atom. The molecule has 1 aromatic carbocycles. The first-order valence-electron chi connectivity index (χ1n) is 6.96. The van der Waals surface area contributed by atoms with Gasteiger partial charge in [0.1, 0.15) is 5.75 Å². The van der Waals surface area contributed by atoms with Crippen LogP contribution in [0, 0.1) is 0 Å². The summed E-state index contributed by atoms with van der Waals surface area (Å²) in [5.41, 5.74) is 0.871. The zero-order valence-electron chi connectivity index (χ0n) is 12.6. The summed E-state index contributed by atoms with van der Waals surface area (Å²) >= 11 is 0. The van der Waals surface area contributed by atoms with Gasteiger partial charge in [0.2, 0.25) is 11.7 Å². The number of rotatable bonds is 8. The van der Waals surface area contributed by atoms with Crippen LogP contribution in [0.15, 0.2) is 28.8 Å². The zero-order chi connectivity index (χ0) is 15.1. The third kappa shape index (κ3) is 4.27. The van der Waals surface area contributed by atoms with Crippen molar-refractivity contribution in [3.63, 3.8) is 0 Å². The van der Waals surface area contributed by atoms with E-state index in [4.69, 9.17) is 14.0 Å². The lowest BCUT2D eigenvalue weighted by Gasteiger charge is -2.14. The molecule has 1 aromatic heterocycles. The summed E-state index contributed by atoms with van der Waals surface area (Å²) in [6.45, 7) is 3.52. The minimum atomic E-state index is 0.165. The Bertz CT molecular complexity index is 551. The maximum Gasteiger partial charge on any atom is 0.228 e. The maximum absolute atomic E-state index is 5.32. The van der Waals surface area contributed by atoms with Crippen LogP contribution in [0.4, 0.5) is 0 Å². The van der Waals surface area contributed by atoms with Crippen molar-refractivity contribution in [2.45, 2.75) is 19.4 Å². The highest BCUT2D eigenvalue weighted by molar-refractivity contribution is 5.56. The molecule has 0 amide bonds. The van der Waals surface area contributed by atoms with Gasteiger partial charge in [0.25, 0.3) is 0 Å². The summed E-state index contributed by atoms with van der Waals surface area (Å²) < 4.78 is 15.7. The first kappa shape index (κ1) is 15.5. The minimum Gasteiger partial charge on any atom is -0.497 e. The molecule has 0 spiro atoms. The quantitative estimate of drug-likeness (QED) is 0.801. The Hall–Kier alpha value is -1.92. The molecular weight excluding hydrogens is 270 g/mol. The van der Waals surface area contributed by atoms with E-state index in [0.29, 0.717) is 24.7 Å². The van der Waals surface area contributed by atoms with Crippen molar-refractivity contribution in [3.05, 3.63) is 30.2 Å². The van der Waals surface area contributed by atoms with E-state index in [9.17, 15) is 0 Å². The molecule has 114 valence electrons. The van der Waals surface area contributed by atoms with Crippen LogP contribution in [0.1, 0.15) is 12.8 Å². The zero-order valence-corrected chi connectivity index (χ0v) is 12.6. The van der Waals surface area contributed by atoms with Crippen LogP contribution < -0.4 is 10.1 Å². The number of hydrogen-bond donors (Lipinski definition) is 1. The largest absolute Gasteiger partial charge is 0.497 e. The second kappa shape index (κ2) is 7.75. The average molecular weight is 291 g/mol. The van der Waals surface area contributed by atoms with Crippen molar-refractivity contribution in [2.75, 3.05) is 27.4 Å². The van der Waals surface area contributed by atoms with Crippen LogP contribution >= 0.6 is 0 Å². The molecule has 0 saturated heterocycles. The van der Waals surface area contributed by atoms with Crippen molar-refractivity contribution >= 4 is 0 Å². The van der Waals surface area contributed by atoms with Gasteiger partial charge >= 0.3 is 0 Å². The molecule has 0 aliphatic rings. The van der Waals surface area contributed by atoms with E-state index in [1.807, 2.05) is 24.3 Å². The lowest BCUT2D eigenvalue weighted by Crippen LogP contribution is -2.35. The van der Waals surface area contributed by atoms with Crippen LogP contribution in [0.3, 0.4) is 0 Å². The Morgan fingerprint density at radius 1 is 1.33 bits per heavy atom. The highest BCUT2D eigenvalue weighted by atomic mass is 16.5. The average Bonchev–Trinajstić information content (AvgIpc) is 2.96. The van der Waals surface area contributed by atoms with E-state index < -0.39 is 0 Å². The third-order valence-electron chi connectivity index (χ3n) is 3.08. The number of ether oxygens (including phenoxy) is 2. The lowest BCUT2D eigenvalue weighted by molar-refractivity contribution is 0.162. The number of aromatic nitrogens is 2. The Balaban J connectivity index is 2.09. The Morgan fingerprint density at radius 3 is 2.90 bits per heavy atom. The van der Waals surface area contributed by atoms with Gasteiger partial charge in [-0.1, -0.05) is 24.2 Å². The predicted octanol–water partition coefficient (Wildman–Crippen LogP) is 1.91. The van der Waals surface area contributed by atoms with E-state index in [1.54, 1.807) is 14.2 Å². The van der Waals surface area contributed by atoms with Crippen LogP contribution in [0.5, 0.6) is 5.75 Å². The van der Waals surface area contributed by atoms with Gasteiger partial charge in [0, 0.05) is 25.1 Å². The summed E-state index contributed by atoms with van der Waals surface area (Å²) in [4.78, 5) is 4.43.